The molecular weight excluding hydrogens is 236 g/mol. The van der Waals surface area contributed by atoms with Gasteiger partial charge in [-0.15, -0.1) is 0 Å². The summed E-state index contributed by atoms with van der Waals surface area (Å²) in [6.45, 7) is 11.2. The molecule has 0 aromatic carbocycles. The average Bonchev–Trinajstić information content (AvgIpc) is 2.27. The fourth-order valence-corrected chi connectivity index (χ4v) is 3.01. The average molecular weight is 264 g/mol. The maximum Gasteiger partial charge on any atom is 0.330 e. The van der Waals surface area contributed by atoms with Crippen LogP contribution in [0.4, 0.5) is 0 Å². The smallest absolute Gasteiger partial charge is 0.330 e. The summed E-state index contributed by atoms with van der Waals surface area (Å²) in [4.78, 5) is 11.4. The van der Waals surface area contributed by atoms with Crippen molar-refractivity contribution in [2.24, 2.45) is 5.41 Å². The van der Waals surface area contributed by atoms with Crippen LogP contribution >= 0.6 is 0 Å². The van der Waals surface area contributed by atoms with E-state index in [1.165, 1.54) is 19.3 Å². The molecule has 0 atom stereocenters. The predicted octanol–water partition coefficient (Wildman–Crippen LogP) is 4.80. The van der Waals surface area contributed by atoms with Crippen molar-refractivity contribution in [2.45, 2.75) is 66.7 Å². The molecule has 0 aromatic heterocycles. The highest BCUT2D eigenvalue weighted by atomic mass is 16.5. The van der Waals surface area contributed by atoms with E-state index in [1.807, 2.05) is 13.8 Å². The molecule has 19 heavy (non-hydrogen) atoms. The van der Waals surface area contributed by atoms with Gasteiger partial charge in [0.15, 0.2) is 0 Å². The molecule has 2 nitrogen and oxygen atoms in total. The van der Waals surface area contributed by atoms with Crippen LogP contribution in [0.5, 0.6) is 0 Å². The Morgan fingerprint density at radius 1 is 1.42 bits per heavy atom. The molecule has 0 saturated heterocycles. The maximum absolute atomic E-state index is 11.4. The van der Waals surface area contributed by atoms with Crippen LogP contribution in [0.15, 0.2) is 22.8 Å². The third kappa shape index (κ3) is 4.85. The Hall–Kier alpha value is -1.05. The molecule has 0 unspecified atom stereocenters. The number of allylic oxidation sites excluding steroid dienone is 3. The molecule has 1 rings (SSSR count). The number of carbonyl (C=O) groups excluding carboxylic acids is 1. The molecule has 0 spiro atoms. The second-order valence-electron chi connectivity index (χ2n) is 6.24. The van der Waals surface area contributed by atoms with Gasteiger partial charge < -0.3 is 4.74 Å². The second-order valence-corrected chi connectivity index (χ2v) is 6.24. The highest BCUT2D eigenvalue weighted by Gasteiger charge is 2.27. The van der Waals surface area contributed by atoms with Crippen LogP contribution in [0.1, 0.15) is 66.7 Å². The molecular formula is C17H28O2. The van der Waals surface area contributed by atoms with Crippen molar-refractivity contribution in [3.8, 4) is 0 Å². The zero-order valence-electron chi connectivity index (χ0n) is 13.1. The first-order valence-electron chi connectivity index (χ1n) is 7.40. The van der Waals surface area contributed by atoms with Gasteiger partial charge in [-0.3, -0.25) is 0 Å². The first kappa shape index (κ1) is 16.0. The number of esters is 1. The third-order valence-electron chi connectivity index (χ3n) is 4.11. The number of rotatable bonds is 5. The molecule has 0 amide bonds. The molecule has 0 aromatic rings. The first-order valence-corrected chi connectivity index (χ1v) is 7.40. The normalized spacial score (nSPS) is 19.5. The van der Waals surface area contributed by atoms with Crippen LogP contribution in [-0.4, -0.2) is 12.6 Å². The highest BCUT2D eigenvalue weighted by molar-refractivity contribution is 5.82. The van der Waals surface area contributed by atoms with Crippen LogP contribution in [0, 0.1) is 5.41 Å². The van der Waals surface area contributed by atoms with E-state index in [2.05, 4.69) is 20.8 Å². The highest BCUT2D eigenvalue weighted by Crippen LogP contribution is 2.42. The number of carbonyl (C=O) groups is 1. The van der Waals surface area contributed by atoms with Gasteiger partial charge in [0.1, 0.15) is 0 Å². The molecule has 0 bridgehead atoms. The zero-order valence-corrected chi connectivity index (χ0v) is 13.1. The van der Waals surface area contributed by atoms with Crippen molar-refractivity contribution < 1.29 is 9.53 Å². The van der Waals surface area contributed by atoms with Gasteiger partial charge in [0.05, 0.1) is 6.61 Å². The molecule has 0 radical (unpaired) electrons. The lowest BCUT2D eigenvalue weighted by Crippen LogP contribution is -2.20. The van der Waals surface area contributed by atoms with E-state index < -0.39 is 0 Å². The summed E-state index contributed by atoms with van der Waals surface area (Å²) in [5.41, 5.74) is 4.59. The van der Waals surface area contributed by atoms with Crippen molar-refractivity contribution in [3.63, 3.8) is 0 Å². The fraction of sp³-hybridized carbons (Fsp3) is 0.706. The van der Waals surface area contributed by atoms with Gasteiger partial charge in [0, 0.05) is 6.08 Å². The van der Waals surface area contributed by atoms with E-state index in [0.717, 1.165) is 18.4 Å². The van der Waals surface area contributed by atoms with E-state index in [0.29, 0.717) is 12.0 Å². The number of hydrogen-bond acceptors (Lipinski definition) is 2. The fourth-order valence-electron chi connectivity index (χ4n) is 3.01. The van der Waals surface area contributed by atoms with Gasteiger partial charge in [-0.2, -0.15) is 0 Å². The zero-order chi connectivity index (χ0) is 14.5. The third-order valence-corrected chi connectivity index (χ3v) is 4.11. The minimum Gasteiger partial charge on any atom is -0.463 e. The Morgan fingerprint density at radius 3 is 2.68 bits per heavy atom. The van der Waals surface area contributed by atoms with E-state index in [4.69, 9.17) is 4.74 Å². The Balaban J connectivity index is 2.63. The van der Waals surface area contributed by atoms with Gasteiger partial charge in [-0.05, 0) is 58.3 Å². The van der Waals surface area contributed by atoms with Crippen LogP contribution in [-0.2, 0) is 9.53 Å². The van der Waals surface area contributed by atoms with Crippen LogP contribution < -0.4 is 0 Å². The molecule has 0 saturated carbocycles. The Labute approximate surface area is 117 Å². The number of hydrogen-bond donors (Lipinski definition) is 0. The minimum atomic E-state index is -0.214. The lowest BCUT2D eigenvalue weighted by atomic mass is 9.71. The van der Waals surface area contributed by atoms with Crippen molar-refractivity contribution in [1.29, 1.82) is 0 Å². The Kier molecular flexibility index (Phi) is 5.84. The van der Waals surface area contributed by atoms with Crippen molar-refractivity contribution in [1.82, 2.24) is 0 Å². The van der Waals surface area contributed by atoms with E-state index in [1.54, 1.807) is 17.2 Å². The summed E-state index contributed by atoms with van der Waals surface area (Å²) < 4.78 is 4.94. The van der Waals surface area contributed by atoms with E-state index >= 15 is 0 Å². The summed E-state index contributed by atoms with van der Waals surface area (Å²) in [6.07, 6.45) is 7.48. The van der Waals surface area contributed by atoms with Crippen molar-refractivity contribution >= 4 is 5.97 Å². The number of ether oxygens (including phenoxy) is 1. The van der Waals surface area contributed by atoms with Crippen LogP contribution in [0.2, 0.25) is 0 Å². The van der Waals surface area contributed by atoms with Gasteiger partial charge in [-0.25, -0.2) is 4.79 Å². The first-order chi connectivity index (χ1) is 8.86. The molecule has 1 aliphatic rings. The standard InChI is InChI=1S/C17H28O2/c1-6-19-16(18)12-13(2)9-10-15-14(3)8-7-11-17(15,4)5/h12H,6-11H2,1-5H3/b13-12+. The lowest BCUT2D eigenvalue weighted by molar-refractivity contribution is -0.137. The van der Waals surface area contributed by atoms with Gasteiger partial charge in [0.2, 0.25) is 0 Å². The molecule has 0 aliphatic heterocycles. The summed E-state index contributed by atoms with van der Waals surface area (Å²) in [5, 5.41) is 0. The Morgan fingerprint density at radius 2 is 2.11 bits per heavy atom. The van der Waals surface area contributed by atoms with Crippen LogP contribution in [0.3, 0.4) is 0 Å². The largest absolute Gasteiger partial charge is 0.463 e. The molecule has 0 N–H and O–H groups in total. The lowest BCUT2D eigenvalue weighted by Gasteiger charge is -2.34. The maximum atomic E-state index is 11.4. The van der Waals surface area contributed by atoms with Gasteiger partial charge in [-0.1, -0.05) is 30.6 Å². The van der Waals surface area contributed by atoms with Crippen molar-refractivity contribution in [2.75, 3.05) is 6.61 Å². The summed E-state index contributed by atoms with van der Waals surface area (Å²) >= 11 is 0. The summed E-state index contributed by atoms with van der Waals surface area (Å²) in [7, 11) is 0. The van der Waals surface area contributed by atoms with Crippen LogP contribution in [0.25, 0.3) is 0 Å². The van der Waals surface area contributed by atoms with Gasteiger partial charge >= 0.3 is 5.97 Å². The van der Waals surface area contributed by atoms with E-state index in [9.17, 15) is 4.79 Å². The van der Waals surface area contributed by atoms with Gasteiger partial charge in [0.25, 0.3) is 0 Å². The molecule has 0 fully saturated rings. The van der Waals surface area contributed by atoms with E-state index in [-0.39, 0.29) is 5.97 Å². The Bertz CT molecular complexity index is 386. The predicted molar refractivity (Wildman–Crippen MR) is 80.0 cm³/mol. The topological polar surface area (TPSA) is 26.3 Å². The molecule has 1 aliphatic carbocycles. The van der Waals surface area contributed by atoms with Crippen molar-refractivity contribution in [3.05, 3.63) is 22.8 Å². The quantitative estimate of drug-likeness (QED) is 0.405. The summed E-state index contributed by atoms with van der Waals surface area (Å²) in [5.74, 6) is -0.214. The SMILES string of the molecule is CCOC(=O)/C=C(\C)CCC1=C(C)CCCC1(C)C. The summed E-state index contributed by atoms with van der Waals surface area (Å²) in [6, 6.07) is 0. The molecule has 0 heterocycles. The molecule has 108 valence electrons. The second kappa shape index (κ2) is 6.93. The minimum absolute atomic E-state index is 0.214. The molecule has 2 heteroatoms. The monoisotopic (exact) mass is 264 g/mol.